The van der Waals surface area contributed by atoms with E-state index in [1.54, 1.807) is 0 Å². The minimum Gasteiger partial charge on any atom is -0.306 e. The van der Waals surface area contributed by atoms with Gasteiger partial charge in [-0.3, -0.25) is 0 Å². The van der Waals surface area contributed by atoms with Crippen molar-refractivity contribution in [2.75, 3.05) is 0 Å². The van der Waals surface area contributed by atoms with Gasteiger partial charge in [0.1, 0.15) is 5.01 Å². The van der Waals surface area contributed by atoms with Crippen molar-refractivity contribution in [3.63, 3.8) is 0 Å². The highest BCUT2D eigenvalue weighted by molar-refractivity contribution is 7.11. The van der Waals surface area contributed by atoms with Crippen LogP contribution in [-0.4, -0.2) is 10.5 Å². The van der Waals surface area contributed by atoms with Crippen molar-refractivity contribution < 1.29 is 0 Å². The molecular formula is C13H22N2S. The molecule has 1 N–H and O–H groups in total. The maximum absolute atomic E-state index is 4.80. The van der Waals surface area contributed by atoms with Gasteiger partial charge in [0.2, 0.25) is 0 Å². The van der Waals surface area contributed by atoms with Crippen molar-refractivity contribution in [3.05, 3.63) is 15.6 Å². The van der Waals surface area contributed by atoms with Crippen LogP contribution < -0.4 is 5.32 Å². The molecule has 0 radical (unpaired) electrons. The normalized spacial score (nSPS) is 18.8. The monoisotopic (exact) mass is 238 g/mol. The highest BCUT2D eigenvalue weighted by Crippen LogP contribution is 2.40. The minimum atomic E-state index is 0.172. The Bertz CT molecular complexity index is 385. The number of aryl methyl sites for hydroxylation is 1. The summed E-state index contributed by atoms with van der Waals surface area (Å²) in [5.41, 5.74) is 1.82. The molecule has 1 aromatic heterocycles. The summed E-state index contributed by atoms with van der Waals surface area (Å²) in [6, 6.07) is 0. The fourth-order valence-corrected chi connectivity index (χ4v) is 3.25. The van der Waals surface area contributed by atoms with Crippen LogP contribution in [0, 0.1) is 0 Å². The van der Waals surface area contributed by atoms with E-state index >= 15 is 0 Å². The summed E-state index contributed by atoms with van der Waals surface area (Å²) in [6.45, 7) is 12.1. The summed E-state index contributed by atoms with van der Waals surface area (Å²) in [4.78, 5) is 6.31. The predicted molar refractivity (Wildman–Crippen MR) is 70.1 cm³/mol. The van der Waals surface area contributed by atoms with Gasteiger partial charge < -0.3 is 5.32 Å². The van der Waals surface area contributed by atoms with Crippen LogP contribution in [0.2, 0.25) is 0 Å². The third-order valence-corrected chi connectivity index (χ3v) is 4.24. The predicted octanol–water partition coefficient (Wildman–Crippen LogP) is 3.26. The molecule has 1 aliphatic carbocycles. The summed E-state index contributed by atoms with van der Waals surface area (Å²) >= 11 is 1.89. The Morgan fingerprint density at radius 2 is 2.06 bits per heavy atom. The lowest BCUT2D eigenvalue weighted by Gasteiger charge is -2.20. The van der Waals surface area contributed by atoms with E-state index in [1.807, 2.05) is 11.3 Å². The van der Waals surface area contributed by atoms with Crippen molar-refractivity contribution in [1.29, 1.82) is 0 Å². The van der Waals surface area contributed by atoms with Gasteiger partial charge in [-0.25, -0.2) is 4.98 Å². The number of aromatic nitrogens is 1. The van der Waals surface area contributed by atoms with E-state index < -0.39 is 0 Å². The van der Waals surface area contributed by atoms with E-state index in [1.165, 1.54) is 28.4 Å². The molecule has 0 amide bonds. The first-order valence-corrected chi connectivity index (χ1v) is 6.84. The van der Waals surface area contributed by atoms with Gasteiger partial charge in [-0.05, 0) is 33.6 Å². The first-order chi connectivity index (χ1) is 7.28. The van der Waals surface area contributed by atoms with Gasteiger partial charge in [-0.2, -0.15) is 0 Å². The van der Waals surface area contributed by atoms with Crippen LogP contribution in [0.5, 0.6) is 0 Å². The lowest BCUT2D eigenvalue weighted by molar-refractivity contribution is 0.422. The van der Waals surface area contributed by atoms with E-state index in [-0.39, 0.29) is 5.54 Å². The first-order valence-electron chi connectivity index (χ1n) is 6.02. The Morgan fingerprint density at radius 1 is 1.38 bits per heavy atom. The van der Waals surface area contributed by atoms with Crippen LogP contribution in [0.3, 0.4) is 0 Å². The average molecular weight is 238 g/mol. The minimum absolute atomic E-state index is 0.172. The van der Waals surface area contributed by atoms with Gasteiger partial charge >= 0.3 is 0 Å². The summed E-state index contributed by atoms with van der Waals surface area (Å²) in [7, 11) is 0. The third-order valence-electron chi connectivity index (χ3n) is 3.13. The second-order valence-corrected chi connectivity index (χ2v) is 7.53. The van der Waals surface area contributed by atoms with Gasteiger partial charge in [-0.1, -0.05) is 13.8 Å². The van der Waals surface area contributed by atoms with Crippen LogP contribution >= 0.6 is 11.3 Å². The molecule has 16 heavy (non-hydrogen) atoms. The van der Waals surface area contributed by atoms with Gasteiger partial charge in [0.05, 0.1) is 5.69 Å². The van der Waals surface area contributed by atoms with Crippen LogP contribution in [0.4, 0.5) is 0 Å². The Hall–Kier alpha value is -0.410. The van der Waals surface area contributed by atoms with Crippen LogP contribution in [0.1, 0.15) is 56.6 Å². The molecule has 2 nitrogen and oxygen atoms in total. The molecule has 3 heteroatoms. The number of hydrogen-bond donors (Lipinski definition) is 1. The molecule has 0 saturated carbocycles. The quantitative estimate of drug-likeness (QED) is 0.855. The fourth-order valence-electron chi connectivity index (χ4n) is 2.06. The first kappa shape index (κ1) is 12.1. The zero-order chi connectivity index (χ0) is 12.0. The zero-order valence-corrected chi connectivity index (χ0v) is 11.8. The molecule has 0 unspecified atom stereocenters. The van der Waals surface area contributed by atoms with Crippen LogP contribution in [0.15, 0.2) is 0 Å². The van der Waals surface area contributed by atoms with E-state index in [2.05, 4.69) is 39.9 Å². The van der Waals surface area contributed by atoms with Crippen molar-refractivity contribution in [2.45, 2.75) is 65.0 Å². The molecule has 0 aromatic carbocycles. The van der Waals surface area contributed by atoms with Crippen LogP contribution in [-0.2, 0) is 18.4 Å². The molecular weight excluding hydrogens is 216 g/mol. The van der Waals surface area contributed by atoms with Crippen molar-refractivity contribution >= 4 is 11.3 Å². The van der Waals surface area contributed by atoms with E-state index in [9.17, 15) is 0 Å². The van der Waals surface area contributed by atoms with Gasteiger partial charge in [-0.15, -0.1) is 11.3 Å². The van der Waals surface area contributed by atoms with Crippen LogP contribution in [0.25, 0.3) is 0 Å². The number of hydrogen-bond acceptors (Lipinski definition) is 3. The highest BCUT2D eigenvalue weighted by Gasteiger charge is 2.33. The second-order valence-electron chi connectivity index (χ2n) is 6.37. The van der Waals surface area contributed by atoms with Crippen molar-refractivity contribution in [2.24, 2.45) is 0 Å². The number of rotatable bonds is 2. The molecule has 0 fully saturated rings. The summed E-state index contributed by atoms with van der Waals surface area (Å²) in [5, 5.41) is 4.75. The molecule has 2 rings (SSSR count). The Morgan fingerprint density at radius 3 is 2.62 bits per heavy atom. The average Bonchev–Trinajstić information content (AvgIpc) is 2.63. The molecule has 1 aliphatic rings. The highest BCUT2D eigenvalue weighted by atomic mass is 32.1. The topological polar surface area (TPSA) is 24.9 Å². The van der Waals surface area contributed by atoms with Gasteiger partial charge in [0.15, 0.2) is 0 Å². The van der Waals surface area contributed by atoms with E-state index in [0.717, 1.165) is 6.54 Å². The lowest BCUT2D eigenvalue weighted by atomic mass is 9.91. The van der Waals surface area contributed by atoms with E-state index in [0.29, 0.717) is 5.41 Å². The summed E-state index contributed by atoms with van der Waals surface area (Å²) < 4.78 is 0. The number of nitrogens with zero attached hydrogens (tertiary/aromatic N) is 1. The lowest BCUT2D eigenvalue weighted by Crippen LogP contribution is -2.35. The molecule has 90 valence electrons. The molecule has 0 bridgehead atoms. The summed E-state index contributed by atoms with van der Waals surface area (Å²) in [6.07, 6.45) is 2.48. The number of thiazole rings is 1. The summed E-state index contributed by atoms with van der Waals surface area (Å²) in [5.74, 6) is 0. The number of fused-ring (bicyclic) bond motifs is 1. The van der Waals surface area contributed by atoms with E-state index in [4.69, 9.17) is 4.98 Å². The molecule has 0 atom stereocenters. The third kappa shape index (κ3) is 2.46. The molecule has 1 aromatic rings. The maximum atomic E-state index is 4.80. The molecule has 0 saturated heterocycles. The Balaban J connectivity index is 2.10. The standard InChI is InChI=1S/C13H22N2S/c1-12(2,3)14-8-10-15-11-9(16-10)6-7-13(11,4)5/h14H,6-8H2,1-5H3. The number of nitrogens with one attached hydrogen (secondary N) is 1. The molecule has 0 aliphatic heterocycles. The fraction of sp³-hybridized carbons (Fsp3) is 0.769. The van der Waals surface area contributed by atoms with Gasteiger partial charge in [0, 0.05) is 22.4 Å². The Labute approximate surface area is 102 Å². The van der Waals surface area contributed by atoms with Gasteiger partial charge in [0.25, 0.3) is 0 Å². The second kappa shape index (κ2) is 3.81. The smallest absolute Gasteiger partial charge is 0.107 e. The molecule has 1 heterocycles. The SMILES string of the molecule is CC(C)(C)NCc1nc2c(s1)CCC2(C)C. The largest absolute Gasteiger partial charge is 0.306 e. The molecule has 0 spiro atoms. The van der Waals surface area contributed by atoms with Crippen molar-refractivity contribution in [3.8, 4) is 0 Å². The Kier molecular flexibility index (Phi) is 2.87. The zero-order valence-electron chi connectivity index (χ0n) is 11.0. The maximum Gasteiger partial charge on any atom is 0.107 e. The van der Waals surface area contributed by atoms with Crippen molar-refractivity contribution in [1.82, 2.24) is 10.3 Å².